The van der Waals surface area contributed by atoms with Crippen LogP contribution < -0.4 is 10.1 Å². The van der Waals surface area contributed by atoms with Crippen molar-refractivity contribution in [3.05, 3.63) is 75.9 Å². The van der Waals surface area contributed by atoms with Crippen LogP contribution in [0.25, 0.3) is 5.69 Å². The van der Waals surface area contributed by atoms with Gasteiger partial charge < -0.3 is 10.1 Å². The Morgan fingerprint density at radius 1 is 1.16 bits per heavy atom. The van der Waals surface area contributed by atoms with Crippen molar-refractivity contribution in [2.45, 2.75) is 26.4 Å². The van der Waals surface area contributed by atoms with Crippen molar-refractivity contribution >= 4 is 17.5 Å². The quantitative estimate of drug-likeness (QED) is 0.556. The first-order chi connectivity index (χ1) is 14.6. The lowest BCUT2D eigenvalue weighted by Gasteiger charge is -2.11. The molecule has 1 N–H and O–H groups in total. The topological polar surface area (TPSA) is 56.1 Å². The monoisotopic (exact) mass is 451 g/mol. The fraction of sp³-hybridized carbons (Fsp3) is 0.273. The molecule has 0 saturated carbocycles. The zero-order valence-electron chi connectivity index (χ0n) is 17.0. The number of ether oxygens (including phenoxy) is 1. The molecule has 1 aromatic heterocycles. The Kier molecular flexibility index (Phi) is 6.90. The lowest BCUT2D eigenvalue weighted by Crippen LogP contribution is -2.31. The predicted octanol–water partition coefficient (Wildman–Crippen LogP) is 4.90. The van der Waals surface area contributed by atoms with E-state index in [0.717, 1.165) is 27.4 Å². The van der Waals surface area contributed by atoms with Crippen molar-refractivity contribution < 1.29 is 22.7 Å². The number of nitrogens with zero attached hydrogens (tertiary/aromatic N) is 2. The van der Waals surface area contributed by atoms with E-state index in [4.69, 9.17) is 16.3 Å². The Hall–Kier alpha value is -3.00. The summed E-state index contributed by atoms with van der Waals surface area (Å²) in [5.74, 6) is -0.684. The van der Waals surface area contributed by atoms with E-state index in [1.807, 2.05) is 26.0 Å². The number of hydrogen-bond donors (Lipinski definition) is 1. The average molecular weight is 452 g/mol. The van der Waals surface area contributed by atoms with E-state index in [2.05, 4.69) is 16.5 Å². The molecule has 0 aliphatic heterocycles. The van der Waals surface area contributed by atoms with E-state index in [9.17, 15) is 18.0 Å². The van der Waals surface area contributed by atoms with Crippen molar-refractivity contribution in [1.82, 2.24) is 15.1 Å². The molecule has 0 aliphatic rings. The van der Waals surface area contributed by atoms with Crippen molar-refractivity contribution in [2.75, 3.05) is 13.2 Å². The molecule has 0 spiro atoms. The average Bonchev–Trinajstić information content (AvgIpc) is 3.14. The summed E-state index contributed by atoms with van der Waals surface area (Å²) in [7, 11) is 0. The number of aryl methyl sites for hydroxylation is 2. The van der Waals surface area contributed by atoms with Crippen molar-refractivity contribution in [1.29, 1.82) is 0 Å². The first kappa shape index (κ1) is 22.7. The van der Waals surface area contributed by atoms with E-state index in [1.165, 1.54) is 12.1 Å². The highest BCUT2D eigenvalue weighted by Gasteiger charge is 2.36. The maximum atomic E-state index is 13.1. The Labute approximate surface area is 182 Å². The number of alkyl halides is 3. The van der Waals surface area contributed by atoms with Gasteiger partial charge in [-0.25, -0.2) is 0 Å². The minimum absolute atomic E-state index is 0.196. The van der Waals surface area contributed by atoms with Gasteiger partial charge in [0.05, 0.1) is 10.7 Å². The van der Waals surface area contributed by atoms with Gasteiger partial charge in [0.1, 0.15) is 0 Å². The summed E-state index contributed by atoms with van der Waals surface area (Å²) in [6.45, 7) is 3.91. The third-order valence-electron chi connectivity index (χ3n) is 4.62. The van der Waals surface area contributed by atoms with E-state index in [-0.39, 0.29) is 16.6 Å². The molecular formula is C22H21ClF3N3O2. The number of amides is 1. The van der Waals surface area contributed by atoms with Crippen LogP contribution in [0.4, 0.5) is 13.2 Å². The molecule has 9 heteroatoms. The van der Waals surface area contributed by atoms with Gasteiger partial charge in [0.25, 0.3) is 5.91 Å². The highest BCUT2D eigenvalue weighted by molar-refractivity contribution is 6.32. The number of rotatable bonds is 7. The standard InChI is InChI=1S/C22H21ClF3N3O2/c1-14-7-8-15(2)16(11-14)9-10-27-20(30)13-31-21-12-19(22(24,25)26)28-29(21)18-6-4-3-5-17(18)23/h3-8,11-12H,9-10,13H2,1-2H3,(H,27,30). The van der Waals surface area contributed by atoms with Crippen molar-refractivity contribution in [3.8, 4) is 11.6 Å². The lowest BCUT2D eigenvalue weighted by molar-refractivity contribution is -0.141. The van der Waals surface area contributed by atoms with Gasteiger partial charge in [0, 0.05) is 12.6 Å². The van der Waals surface area contributed by atoms with Crippen LogP contribution in [-0.4, -0.2) is 28.8 Å². The van der Waals surface area contributed by atoms with Crippen LogP contribution in [0.5, 0.6) is 5.88 Å². The summed E-state index contributed by atoms with van der Waals surface area (Å²) in [5, 5.41) is 6.47. The molecule has 0 radical (unpaired) electrons. The molecule has 2 aromatic carbocycles. The third kappa shape index (κ3) is 5.79. The number of para-hydroxylation sites is 1. The summed E-state index contributed by atoms with van der Waals surface area (Å²) < 4.78 is 45.7. The molecule has 164 valence electrons. The van der Waals surface area contributed by atoms with Crippen LogP contribution in [0.3, 0.4) is 0 Å². The summed E-state index contributed by atoms with van der Waals surface area (Å²) in [6, 6.07) is 13.1. The summed E-state index contributed by atoms with van der Waals surface area (Å²) in [5.41, 5.74) is 2.44. The maximum Gasteiger partial charge on any atom is 0.435 e. The second kappa shape index (κ2) is 9.43. The molecule has 0 bridgehead atoms. The van der Waals surface area contributed by atoms with Crippen LogP contribution in [-0.2, 0) is 17.4 Å². The Morgan fingerprint density at radius 2 is 1.90 bits per heavy atom. The summed E-state index contributed by atoms with van der Waals surface area (Å²) in [4.78, 5) is 12.2. The maximum absolute atomic E-state index is 13.1. The van der Waals surface area contributed by atoms with E-state index in [1.54, 1.807) is 12.1 Å². The molecule has 31 heavy (non-hydrogen) atoms. The highest BCUT2D eigenvalue weighted by Crippen LogP contribution is 2.33. The van der Waals surface area contributed by atoms with Gasteiger partial charge in [-0.15, -0.1) is 0 Å². The summed E-state index contributed by atoms with van der Waals surface area (Å²) in [6.07, 6.45) is -4.03. The number of hydrogen-bond acceptors (Lipinski definition) is 3. The number of nitrogens with one attached hydrogen (secondary N) is 1. The highest BCUT2D eigenvalue weighted by atomic mass is 35.5. The Morgan fingerprint density at radius 3 is 2.61 bits per heavy atom. The minimum Gasteiger partial charge on any atom is -0.467 e. The van der Waals surface area contributed by atoms with E-state index < -0.39 is 24.4 Å². The number of halogens is 4. The van der Waals surface area contributed by atoms with Gasteiger partial charge in [-0.2, -0.15) is 23.0 Å². The molecule has 0 aliphatic carbocycles. The minimum atomic E-state index is -4.67. The first-order valence-corrected chi connectivity index (χ1v) is 9.91. The zero-order chi connectivity index (χ0) is 22.6. The van der Waals surface area contributed by atoms with Crippen molar-refractivity contribution in [2.24, 2.45) is 0 Å². The molecule has 1 heterocycles. The fourth-order valence-corrected chi connectivity index (χ4v) is 3.21. The largest absolute Gasteiger partial charge is 0.467 e. The van der Waals surface area contributed by atoms with E-state index >= 15 is 0 Å². The number of carbonyl (C=O) groups is 1. The van der Waals surface area contributed by atoms with Crippen LogP contribution >= 0.6 is 11.6 Å². The van der Waals surface area contributed by atoms with Gasteiger partial charge >= 0.3 is 6.18 Å². The first-order valence-electron chi connectivity index (χ1n) is 9.53. The molecule has 0 saturated heterocycles. The predicted molar refractivity (Wildman–Crippen MR) is 112 cm³/mol. The van der Waals surface area contributed by atoms with Gasteiger partial charge in [0.15, 0.2) is 12.3 Å². The molecule has 0 unspecified atom stereocenters. The lowest BCUT2D eigenvalue weighted by atomic mass is 10.0. The number of aromatic nitrogens is 2. The molecule has 0 fully saturated rings. The SMILES string of the molecule is Cc1ccc(C)c(CCNC(=O)COc2cc(C(F)(F)F)nn2-c2ccccc2Cl)c1. The summed E-state index contributed by atoms with van der Waals surface area (Å²) >= 11 is 6.09. The van der Waals surface area contributed by atoms with Crippen LogP contribution in [0, 0.1) is 13.8 Å². The van der Waals surface area contributed by atoms with Gasteiger partial charge in [0.2, 0.25) is 5.88 Å². The van der Waals surface area contributed by atoms with Crippen LogP contribution in [0.2, 0.25) is 5.02 Å². The van der Waals surface area contributed by atoms with Gasteiger partial charge in [-0.1, -0.05) is 47.5 Å². The fourth-order valence-electron chi connectivity index (χ4n) is 3.00. The Balaban J connectivity index is 1.66. The van der Waals surface area contributed by atoms with Crippen LogP contribution in [0.1, 0.15) is 22.4 Å². The zero-order valence-corrected chi connectivity index (χ0v) is 17.7. The number of carbonyl (C=O) groups excluding carboxylic acids is 1. The van der Waals surface area contributed by atoms with Gasteiger partial charge in [-0.3, -0.25) is 4.79 Å². The molecule has 0 atom stereocenters. The van der Waals surface area contributed by atoms with Gasteiger partial charge in [-0.05, 0) is 43.5 Å². The van der Waals surface area contributed by atoms with Crippen molar-refractivity contribution in [3.63, 3.8) is 0 Å². The smallest absolute Gasteiger partial charge is 0.435 e. The third-order valence-corrected chi connectivity index (χ3v) is 4.94. The normalized spacial score (nSPS) is 11.4. The second-order valence-corrected chi connectivity index (χ2v) is 7.45. The number of benzene rings is 2. The molecular weight excluding hydrogens is 431 g/mol. The van der Waals surface area contributed by atoms with E-state index in [0.29, 0.717) is 13.0 Å². The second-order valence-electron chi connectivity index (χ2n) is 7.05. The Bertz CT molecular complexity index is 1080. The van der Waals surface area contributed by atoms with Crippen LogP contribution in [0.15, 0.2) is 48.5 Å². The molecule has 3 rings (SSSR count). The molecule has 5 nitrogen and oxygen atoms in total. The molecule has 1 amide bonds. The molecule has 3 aromatic rings.